The number of ether oxygens (including phenoxy) is 3. The molecule has 0 rings (SSSR count). The number of aliphatic hydroxyl groups excluding tert-OH is 1. The number of unbranched alkanes of at least 4 members (excludes halogenated alkanes) is 12. The molecule has 0 aliphatic rings. The summed E-state index contributed by atoms with van der Waals surface area (Å²) in [5.41, 5.74) is 0. The fraction of sp³-hybridized carbons (Fsp3) is 0.617. The highest BCUT2D eigenvalue weighted by atomic mass is 31.2. The topological polar surface area (TPSA) is 155 Å². The van der Waals surface area contributed by atoms with Crippen LogP contribution in [-0.2, 0) is 42.2 Å². The van der Waals surface area contributed by atoms with Crippen LogP contribution in [0.4, 0.5) is 0 Å². The second-order valence-electron chi connectivity index (χ2n) is 17.6. The van der Waals surface area contributed by atoms with Crippen LogP contribution in [-0.4, -0.2) is 66.5 Å². The van der Waals surface area contributed by atoms with Gasteiger partial charge in [-0.25, -0.2) is 4.57 Å². The summed E-state index contributed by atoms with van der Waals surface area (Å²) in [7, 11) is -4.77. The Morgan fingerprint density at radius 2 is 0.722 bits per heavy atom. The van der Waals surface area contributed by atoms with Gasteiger partial charge in [-0.1, -0.05) is 181 Å². The number of phosphoric ester groups is 1. The highest BCUT2D eigenvalue weighted by Crippen LogP contribution is 2.43. The Bertz CT molecular complexity index is 1670. The molecule has 3 atom stereocenters. The number of carbonyl (C=O) groups is 3. The van der Waals surface area contributed by atoms with E-state index in [4.69, 9.17) is 23.3 Å². The number of aliphatic hydroxyl groups is 1. The van der Waals surface area contributed by atoms with Crippen LogP contribution in [0.5, 0.6) is 0 Å². The van der Waals surface area contributed by atoms with Crippen LogP contribution in [0, 0.1) is 0 Å². The van der Waals surface area contributed by atoms with E-state index in [9.17, 15) is 28.9 Å². The average Bonchev–Trinajstić information content (AvgIpc) is 3.37. The van der Waals surface area contributed by atoms with Crippen LogP contribution in [0.1, 0.15) is 201 Å². The quantitative estimate of drug-likeness (QED) is 0.0197. The van der Waals surface area contributed by atoms with Crippen molar-refractivity contribution in [1.29, 1.82) is 0 Å². The third kappa shape index (κ3) is 50.8. The van der Waals surface area contributed by atoms with Gasteiger partial charge in [-0.3, -0.25) is 23.4 Å². The van der Waals surface area contributed by atoms with E-state index >= 15 is 0 Å². The first-order valence-corrected chi connectivity index (χ1v) is 28.9. The standard InChI is InChI=1S/C60H97O11P/c1-4-7-10-13-16-19-22-25-26-27-28-29-30-33-36-39-42-45-48-51-60(64)71-57(53-67-58(62)49-46-43-40-37-34-31-23-20-17-14-11-8-5-2)55-69-72(65,66)68-54-56(52-61)70-59(63)50-47-44-41-38-35-32-24-21-18-15-12-9-6-3/h7,9-12,14,16,18-21,23,25-26,28-29,32-33,35-36,56-57,61H,4-6,8,13,15,17,22,24,27,30-31,34,37-55H2,1-3H3,(H,65,66)/b10-7-,12-9-,14-11-,19-16-,21-18-,23-20-,26-25-,29-28-,35-32-,36-33-. The first-order valence-electron chi connectivity index (χ1n) is 27.4. The number of rotatable bonds is 49. The summed E-state index contributed by atoms with van der Waals surface area (Å²) in [6.07, 6.45) is 64.5. The first-order chi connectivity index (χ1) is 35.2. The van der Waals surface area contributed by atoms with E-state index in [-0.39, 0.29) is 25.9 Å². The molecule has 0 saturated heterocycles. The molecule has 12 heteroatoms. The second kappa shape index (κ2) is 53.2. The van der Waals surface area contributed by atoms with Gasteiger partial charge in [0.1, 0.15) is 12.7 Å². The molecule has 0 aromatic carbocycles. The predicted molar refractivity (Wildman–Crippen MR) is 297 cm³/mol. The van der Waals surface area contributed by atoms with Gasteiger partial charge in [0, 0.05) is 19.3 Å². The Kier molecular flexibility index (Phi) is 50.1. The number of hydrogen-bond donors (Lipinski definition) is 2. The van der Waals surface area contributed by atoms with E-state index < -0.39 is 57.8 Å². The summed E-state index contributed by atoms with van der Waals surface area (Å²) in [5, 5.41) is 9.79. The van der Waals surface area contributed by atoms with Gasteiger partial charge < -0.3 is 24.2 Å². The van der Waals surface area contributed by atoms with Gasteiger partial charge in [-0.05, 0) is 122 Å². The molecule has 408 valence electrons. The zero-order chi connectivity index (χ0) is 52.7. The van der Waals surface area contributed by atoms with Gasteiger partial charge in [0.15, 0.2) is 6.10 Å². The Hall–Kier alpha value is -4.12. The van der Waals surface area contributed by atoms with Gasteiger partial charge in [0.2, 0.25) is 0 Å². The van der Waals surface area contributed by atoms with Gasteiger partial charge in [0.25, 0.3) is 0 Å². The van der Waals surface area contributed by atoms with E-state index in [0.29, 0.717) is 19.3 Å². The molecule has 0 bridgehead atoms. The van der Waals surface area contributed by atoms with Gasteiger partial charge in [0.05, 0.1) is 19.8 Å². The molecule has 72 heavy (non-hydrogen) atoms. The Balaban J connectivity index is 4.86. The Morgan fingerprint density at radius 3 is 1.12 bits per heavy atom. The molecule has 0 spiro atoms. The Morgan fingerprint density at radius 1 is 0.403 bits per heavy atom. The summed E-state index contributed by atoms with van der Waals surface area (Å²) in [6.45, 7) is 4.23. The Labute approximate surface area is 437 Å². The fourth-order valence-electron chi connectivity index (χ4n) is 6.73. The molecule has 0 aromatic heterocycles. The zero-order valence-electron chi connectivity index (χ0n) is 44.8. The van der Waals surface area contributed by atoms with Crippen molar-refractivity contribution in [2.45, 2.75) is 213 Å². The monoisotopic (exact) mass is 1020 g/mol. The van der Waals surface area contributed by atoms with E-state index in [1.807, 2.05) is 0 Å². The normalized spacial score (nSPS) is 14.3. The van der Waals surface area contributed by atoms with E-state index in [0.717, 1.165) is 141 Å². The van der Waals surface area contributed by atoms with Crippen LogP contribution in [0.2, 0.25) is 0 Å². The lowest BCUT2D eigenvalue weighted by molar-refractivity contribution is -0.161. The molecular formula is C60H97O11P. The summed E-state index contributed by atoms with van der Waals surface area (Å²) < 4.78 is 39.4. The lowest BCUT2D eigenvalue weighted by Crippen LogP contribution is -2.30. The van der Waals surface area contributed by atoms with Crippen molar-refractivity contribution >= 4 is 25.7 Å². The third-order valence-corrected chi connectivity index (χ3v) is 11.8. The summed E-state index contributed by atoms with van der Waals surface area (Å²) in [4.78, 5) is 48.4. The molecule has 0 amide bonds. The minimum Gasteiger partial charge on any atom is -0.462 e. The SMILES string of the molecule is CC/C=C\C/C=C\C/C=C\C/C=C\C/C=C\CCCCCC(=O)OC(COC(=O)CCCCCCC/C=C\C/C=C\CCC)COP(=O)(O)OCC(CO)OC(=O)CCCCC/C=C\C/C=C\C/C=C\CC. The first kappa shape index (κ1) is 67.9. The van der Waals surface area contributed by atoms with Crippen LogP contribution in [0.15, 0.2) is 122 Å². The molecule has 0 aliphatic carbocycles. The summed E-state index contributed by atoms with van der Waals surface area (Å²) >= 11 is 0. The lowest BCUT2D eigenvalue weighted by Gasteiger charge is -2.21. The minimum atomic E-state index is -4.77. The van der Waals surface area contributed by atoms with Crippen molar-refractivity contribution in [3.8, 4) is 0 Å². The maximum Gasteiger partial charge on any atom is 0.472 e. The molecule has 0 fully saturated rings. The molecule has 2 N–H and O–H groups in total. The molecule has 0 aromatic rings. The third-order valence-electron chi connectivity index (χ3n) is 10.8. The van der Waals surface area contributed by atoms with Crippen molar-refractivity contribution in [1.82, 2.24) is 0 Å². The number of allylic oxidation sites excluding steroid dienone is 20. The molecular weight excluding hydrogens is 928 g/mol. The average molecular weight is 1030 g/mol. The van der Waals surface area contributed by atoms with E-state index in [2.05, 4.69) is 142 Å². The van der Waals surface area contributed by atoms with Crippen LogP contribution < -0.4 is 0 Å². The number of hydrogen-bond acceptors (Lipinski definition) is 10. The van der Waals surface area contributed by atoms with Crippen molar-refractivity contribution in [2.24, 2.45) is 0 Å². The zero-order valence-corrected chi connectivity index (χ0v) is 45.7. The van der Waals surface area contributed by atoms with Crippen molar-refractivity contribution in [2.75, 3.05) is 26.4 Å². The van der Waals surface area contributed by atoms with Gasteiger partial charge in [-0.2, -0.15) is 0 Å². The smallest absolute Gasteiger partial charge is 0.462 e. The van der Waals surface area contributed by atoms with Crippen LogP contribution >= 0.6 is 7.82 Å². The highest BCUT2D eigenvalue weighted by molar-refractivity contribution is 7.47. The summed E-state index contributed by atoms with van der Waals surface area (Å²) in [6, 6.07) is 0. The summed E-state index contributed by atoms with van der Waals surface area (Å²) in [5.74, 6) is -1.57. The maximum atomic E-state index is 12.9. The van der Waals surface area contributed by atoms with E-state index in [1.54, 1.807) is 0 Å². The van der Waals surface area contributed by atoms with Crippen LogP contribution in [0.25, 0.3) is 0 Å². The molecule has 0 aliphatic heterocycles. The molecule has 0 saturated carbocycles. The lowest BCUT2D eigenvalue weighted by atomic mass is 10.1. The number of esters is 3. The minimum absolute atomic E-state index is 0.116. The second-order valence-corrected chi connectivity index (χ2v) is 19.1. The highest BCUT2D eigenvalue weighted by Gasteiger charge is 2.28. The van der Waals surface area contributed by atoms with Gasteiger partial charge in [-0.15, -0.1) is 0 Å². The predicted octanol–water partition coefficient (Wildman–Crippen LogP) is 16.0. The maximum absolute atomic E-state index is 12.9. The molecule has 0 radical (unpaired) electrons. The number of phosphoric acid groups is 1. The van der Waals surface area contributed by atoms with Gasteiger partial charge >= 0.3 is 25.7 Å². The van der Waals surface area contributed by atoms with E-state index in [1.165, 1.54) is 0 Å². The molecule has 11 nitrogen and oxygen atoms in total. The van der Waals surface area contributed by atoms with Crippen molar-refractivity contribution in [3.63, 3.8) is 0 Å². The van der Waals surface area contributed by atoms with Crippen molar-refractivity contribution in [3.05, 3.63) is 122 Å². The van der Waals surface area contributed by atoms with Crippen LogP contribution in [0.3, 0.4) is 0 Å². The molecule has 0 heterocycles. The largest absolute Gasteiger partial charge is 0.472 e. The molecule has 3 unspecified atom stereocenters. The number of carbonyl (C=O) groups excluding carboxylic acids is 3. The van der Waals surface area contributed by atoms with Crippen molar-refractivity contribution < 1.29 is 52.2 Å². The fourth-order valence-corrected chi connectivity index (χ4v) is 7.51.